The van der Waals surface area contributed by atoms with Crippen molar-refractivity contribution in [2.24, 2.45) is 11.8 Å². The molecular weight excluding hydrogens is 476 g/mol. The van der Waals surface area contributed by atoms with Crippen LogP contribution in [0.2, 0.25) is 0 Å². The van der Waals surface area contributed by atoms with E-state index in [0.717, 1.165) is 62.8 Å². The molecule has 0 saturated carbocycles. The number of para-hydroxylation sites is 1. The van der Waals surface area contributed by atoms with Crippen LogP contribution in [0.1, 0.15) is 70.0 Å². The van der Waals surface area contributed by atoms with Gasteiger partial charge in [-0.1, -0.05) is 84.0 Å². The molecule has 0 aliphatic heterocycles. The van der Waals surface area contributed by atoms with Gasteiger partial charge in [-0.25, -0.2) is 9.97 Å². The Morgan fingerprint density at radius 2 is 1.51 bits per heavy atom. The van der Waals surface area contributed by atoms with Crippen LogP contribution in [0, 0.1) is 18.8 Å². The second-order valence-electron chi connectivity index (χ2n) is 12.4. The summed E-state index contributed by atoms with van der Waals surface area (Å²) in [6.45, 7) is 15.6. The van der Waals surface area contributed by atoms with Gasteiger partial charge in [0.25, 0.3) is 0 Å². The van der Waals surface area contributed by atoms with E-state index in [4.69, 9.17) is 14.4 Å². The summed E-state index contributed by atoms with van der Waals surface area (Å²) in [6, 6.07) is 22.2. The molecule has 198 valence electrons. The average molecular weight is 515 g/mol. The monoisotopic (exact) mass is 514 g/mol. The number of nitrogens with zero attached hydrogens (tertiary/aromatic N) is 2. The minimum absolute atomic E-state index is 0.203. The predicted molar refractivity (Wildman–Crippen MR) is 166 cm³/mol. The third kappa shape index (κ3) is 4.58. The summed E-state index contributed by atoms with van der Waals surface area (Å²) >= 11 is 0. The summed E-state index contributed by atoms with van der Waals surface area (Å²) < 4.78 is 6.52. The maximum atomic E-state index is 6.52. The van der Waals surface area contributed by atoms with E-state index < -0.39 is 0 Å². The van der Waals surface area contributed by atoms with Gasteiger partial charge in [-0.15, -0.1) is 0 Å². The molecule has 0 radical (unpaired) electrons. The van der Waals surface area contributed by atoms with E-state index in [-0.39, 0.29) is 5.92 Å². The Balaban J connectivity index is 1.70. The number of furan rings is 1. The fourth-order valence-electron chi connectivity index (χ4n) is 5.97. The lowest BCUT2D eigenvalue weighted by Crippen LogP contribution is -2.04. The topological polar surface area (TPSA) is 38.9 Å². The molecule has 6 aromatic rings. The van der Waals surface area contributed by atoms with Crippen LogP contribution >= 0.6 is 0 Å². The SMILES string of the molecule is Cc1ccc2c(c1)oc1c(-c3nc(C(C)C)nc4c3ccc3cc(CC(C)C)cc(CC(C)C)c34)cccc12. The van der Waals surface area contributed by atoms with Crippen LogP contribution in [-0.2, 0) is 12.8 Å². The third-order valence-corrected chi connectivity index (χ3v) is 7.64. The van der Waals surface area contributed by atoms with Gasteiger partial charge < -0.3 is 4.42 Å². The second kappa shape index (κ2) is 9.79. The second-order valence-corrected chi connectivity index (χ2v) is 12.4. The quantitative estimate of drug-likeness (QED) is 0.208. The first-order chi connectivity index (χ1) is 18.7. The lowest BCUT2D eigenvalue weighted by Gasteiger charge is -2.17. The number of hydrogen-bond donors (Lipinski definition) is 0. The van der Waals surface area contributed by atoms with E-state index in [1.165, 1.54) is 27.5 Å². The first-order valence-electron chi connectivity index (χ1n) is 14.4. The number of aromatic nitrogens is 2. The van der Waals surface area contributed by atoms with Gasteiger partial charge in [-0.2, -0.15) is 0 Å². The summed E-state index contributed by atoms with van der Waals surface area (Å²) in [4.78, 5) is 10.4. The van der Waals surface area contributed by atoms with Crippen molar-refractivity contribution in [3.05, 3.63) is 83.2 Å². The molecule has 2 heterocycles. The van der Waals surface area contributed by atoms with Crippen molar-refractivity contribution in [1.82, 2.24) is 9.97 Å². The molecule has 2 aromatic heterocycles. The van der Waals surface area contributed by atoms with E-state index in [1.807, 2.05) is 0 Å². The molecular formula is C36H38N2O. The zero-order valence-corrected chi connectivity index (χ0v) is 24.2. The Kier molecular flexibility index (Phi) is 6.41. The Labute approximate surface area is 231 Å². The molecule has 0 aliphatic rings. The molecule has 3 heteroatoms. The molecule has 3 nitrogen and oxygen atoms in total. The number of hydrogen-bond acceptors (Lipinski definition) is 3. The fraction of sp³-hybridized carbons (Fsp3) is 0.333. The fourth-order valence-corrected chi connectivity index (χ4v) is 5.97. The minimum Gasteiger partial charge on any atom is -0.455 e. The highest BCUT2D eigenvalue weighted by Gasteiger charge is 2.20. The van der Waals surface area contributed by atoms with Crippen molar-refractivity contribution in [2.45, 2.75) is 67.2 Å². The van der Waals surface area contributed by atoms with Gasteiger partial charge in [0.2, 0.25) is 0 Å². The zero-order chi connectivity index (χ0) is 27.4. The summed E-state index contributed by atoms with van der Waals surface area (Å²) in [7, 11) is 0. The summed E-state index contributed by atoms with van der Waals surface area (Å²) in [5.41, 5.74) is 8.83. The van der Waals surface area contributed by atoms with Crippen molar-refractivity contribution < 1.29 is 4.42 Å². The Hall–Kier alpha value is -3.72. The van der Waals surface area contributed by atoms with Crippen molar-refractivity contribution in [2.75, 3.05) is 0 Å². The Morgan fingerprint density at radius 3 is 2.26 bits per heavy atom. The maximum Gasteiger partial charge on any atom is 0.144 e. The van der Waals surface area contributed by atoms with Gasteiger partial charge >= 0.3 is 0 Å². The molecule has 0 spiro atoms. The number of aryl methyl sites for hydroxylation is 1. The van der Waals surface area contributed by atoms with Crippen LogP contribution in [0.4, 0.5) is 0 Å². The average Bonchev–Trinajstić information content (AvgIpc) is 3.24. The van der Waals surface area contributed by atoms with Crippen LogP contribution in [0.3, 0.4) is 0 Å². The molecule has 6 rings (SSSR count). The zero-order valence-electron chi connectivity index (χ0n) is 24.2. The number of rotatable bonds is 6. The van der Waals surface area contributed by atoms with Gasteiger partial charge in [-0.05, 0) is 71.9 Å². The summed E-state index contributed by atoms with van der Waals surface area (Å²) in [6.07, 6.45) is 2.11. The summed E-state index contributed by atoms with van der Waals surface area (Å²) in [5.74, 6) is 2.24. The smallest absolute Gasteiger partial charge is 0.144 e. The highest BCUT2D eigenvalue weighted by molar-refractivity contribution is 6.15. The molecule has 0 amide bonds. The maximum absolute atomic E-state index is 6.52. The lowest BCUT2D eigenvalue weighted by molar-refractivity contribution is 0.638. The highest BCUT2D eigenvalue weighted by Crippen LogP contribution is 2.40. The molecule has 0 bridgehead atoms. The first kappa shape index (κ1) is 25.6. The van der Waals surface area contributed by atoms with Crippen LogP contribution in [-0.4, -0.2) is 9.97 Å². The van der Waals surface area contributed by atoms with Gasteiger partial charge in [0.1, 0.15) is 17.0 Å². The lowest BCUT2D eigenvalue weighted by atomic mass is 9.90. The van der Waals surface area contributed by atoms with Gasteiger partial charge in [0.15, 0.2) is 0 Å². The van der Waals surface area contributed by atoms with E-state index in [9.17, 15) is 0 Å². The van der Waals surface area contributed by atoms with Crippen LogP contribution in [0.25, 0.3) is 54.9 Å². The number of fused-ring (bicyclic) bond motifs is 6. The van der Waals surface area contributed by atoms with Crippen LogP contribution in [0.5, 0.6) is 0 Å². The minimum atomic E-state index is 0.203. The van der Waals surface area contributed by atoms with Gasteiger partial charge in [0.05, 0.1) is 11.2 Å². The molecule has 0 saturated heterocycles. The van der Waals surface area contributed by atoms with Crippen LogP contribution < -0.4 is 0 Å². The van der Waals surface area contributed by atoms with Crippen molar-refractivity contribution in [3.63, 3.8) is 0 Å². The van der Waals surface area contributed by atoms with Gasteiger partial charge in [-0.3, -0.25) is 0 Å². The normalized spacial score (nSPS) is 12.4. The molecule has 0 unspecified atom stereocenters. The van der Waals surface area contributed by atoms with Crippen molar-refractivity contribution in [3.8, 4) is 11.3 Å². The predicted octanol–water partition coefficient (Wildman–Crippen LogP) is 10.2. The van der Waals surface area contributed by atoms with Crippen LogP contribution in [0.15, 0.2) is 65.1 Å². The van der Waals surface area contributed by atoms with Gasteiger partial charge in [0, 0.05) is 33.0 Å². The molecule has 39 heavy (non-hydrogen) atoms. The largest absolute Gasteiger partial charge is 0.455 e. The molecule has 0 fully saturated rings. The molecule has 0 N–H and O–H groups in total. The standard InChI is InChI=1S/C36H38N2O/c1-20(2)15-24-18-25-12-14-29-33(30-10-8-9-28-27-13-11-23(7)17-31(27)39-35(28)30)37-36(22(5)6)38-34(29)32(25)26(19-24)16-21(3)4/h8-14,17-22H,15-16H2,1-7H3. The van der Waals surface area contributed by atoms with E-state index in [2.05, 4.69) is 109 Å². The highest BCUT2D eigenvalue weighted by atomic mass is 16.3. The van der Waals surface area contributed by atoms with E-state index in [1.54, 1.807) is 0 Å². The molecule has 4 aromatic carbocycles. The third-order valence-electron chi connectivity index (χ3n) is 7.64. The van der Waals surface area contributed by atoms with Crippen molar-refractivity contribution in [1.29, 1.82) is 0 Å². The Bertz CT molecular complexity index is 1860. The van der Waals surface area contributed by atoms with Crippen molar-refractivity contribution >= 4 is 43.6 Å². The Morgan fingerprint density at radius 1 is 0.744 bits per heavy atom. The molecule has 0 atom stereocenters. The first-order valence-corrected chi connectivity index (χ1v) is 14.4. The van der Waals surface area contributed by atoms with E-state index in [0.29, 0.717) is 11.8 Å². The summed E-state index contributed by atoms with van der Waals surface area (Å²) in [5, 5.41) is 5.89. The number of benzene rings is 4. The van der Waals surface area contributed by atoms with E-state index >= 15 is 0 Å². The molecule has 0 aliphatic carbocycles.